The molecule has 422 valence electrons. The van der Waals surface area contributed by atoms with Gasteiger partial charge >= 0.3 is 0 Å². The van der Waals surface area contributed by atoms with E-state index in [0.29, 0.717) is 81.8 Å². The van der Waals surface area contributed by atoms with Crippen LogP contribution in [0, 0.1) is 11.8 Å². The minimum Gasteiger partial charge on any atom is -0.493 e. The largest absolute Gasteiger partial charge is 0.493 e. The topological polar surface area (TPSA) is 151 Å². The third kappa shape index (κ3) is 15.5. The smallest absolute Gasteiger partial charge is 0.203 e. The van der Waals surface area contributed by atoms with Gasteiger partial charge in [-0.1, -0.05) is 36.4 Å². The maximum absolute atomic E-state index is 11.4. The second-order valence-corrected chi connectivity index (χ2v) is 19.4. The van der Waals surface area contributed by atoms with Crippen LogP contribution in [0.3, 0.4) is 0 Å². The van der Waals surface area contributed by atoms with Gasteiger partial charge in [0.1, 0.15) is 0 Å². The molecule has 0 amide bonds. The molecule has 14 nitrogen and oxygen atoms in total. The summed E-state index contributed by atoms with van der Waals surface area (Å²) >= 11 is 0. The van der Waals surface area contributed by atoms with Gasteiger partial charge in [-0.15, -0.1) is 0 Å². The Morgan fingerprint density at radius 3 is 0.667 bits per heavy atom. The van der Waals surface area contributed by atoms with E-state index in [9.17, 15) is 10.2 Å². The van der Waals surface area contributed by atoms with E-state index in [1.54, 1.807) is 85.3 Å². The summed E-state index contributed by atoms with van der Waals surface area (Å²) < 4.78 is 68.1. The van der Waals surface area contributed by atoms with Crippen LogP contribution in [0.2, 0.25) is 0 Å². The first-order chi connectivity index (χ1) is 37.9. The fraction of sp³-hybridized carbons (Fsp3) is 0.438. The molecule has 14 heteroatoms. The average molecular weight is 1080 g/mol. The zero-order valence-electron chi connectivity index (χ0n) is 47.9. The molecule has 0 bridgehead atoms. The number of ether oxygens (including phenoxy) is 12. The monoisotopic (exact) mass is 1070 g/mol. The van der Waals surface area contributed by atoms with Gasteiger partial charge in [0.15, 0.2) is 46.0 Å². The van der Waals surface area contributed by atoms with Crippen molar-refractivity contribution in [2.75, 3.05) is 98.5 Å². The maximum atomic E-state index is 11.4. The molecule has 2 N–H and O–H groups in total. The van der Waals surface area contributed by atoms with E-state index in [-0.39, 0.29) is 25.0 Å². The predicted octanol–water partition coefficient (Wildman–Crippen LogP) is 10.7. The van der Waals surface area contributed by atoms with E-state index in [2.05, 4.69) is 36.4 Å². The molecule has 0 aliphatic carbocycles. The first kappa shape index (κ1) is 60.1. The predicted molar refractivity (Wildman–Crippen MR) is 305 cm³/mol. The van der Waals surface area contributed by atoms with Gasteiger partial charge in [0.2, 0.25) is 23.0 Å². The molecule has 0 aliphatic rings. The average Bonchev–Trinajstić information content (AvgIpc) is 3.49. The summed E-state index contributed by atoms with van der Waals surface area (Å²) in [5.74, 6) is 7.08. The summed E-state index contributed by atoms with van der Waals surface area (Å²) in [6.07, 6.45) is 8.68. The minimum atomic E-state index is -0.101. The van der Waals surface area contributed by atoms with Crippen LogP contribution in [0.5, 0.6) is 69.0 Å². The molecule has 2 atom stereocenters. The van der Waals surface area contributed by atoms with E-state index >= 15 is 0 Å². The van der Waals surface area contributed by atoms with Crippen LogP contribution in [-0.4, -0.2) is 109 Å². The number of aliphatic hydroxyl groups excluding tert-OH is 2. The standard InChI is InChI=1S/C64H82O14/c1-67-53-32-45(33-54(68-2)61(53)75-9)19-15-41-24-42(16-20-46-34-55(69-3)62(76-10)56(35-46)70-4)27-49(26-41)30-51(14-13-23-65)52(40-66)31-50-28-43(17-21-47-36-57(71-5)63(77-11)58(37-47)72-6)25-44(29-50)18-22-48-38-59(73-7)64(78-12)60(39-48)74-8/h24-29,32-39,51-52,65-66H,13-23,30-31,40H2,1-12H3/t51-,52+/m1/s1. The molecule has 6 rings (SSSR count). The Bertz CT molecular complexity index is 2590. The normalized spacial score (nSPS) is 11.8. The fourth-order valence-electron chi connectivity index (χ4n) is 10.6. The molecule has 78 heavy (non-hydrogen) atoms. The van der Waals surface area contributed by atoms with E-state index in [1.165, 1.54) is 27.8 Å². The summed E-state index contributed by atoms with van der Waals surface area (Å²) in [5, 5.41) is 21.7. The Balaban J connectivity index is 1.35. The number of benzene rings is 6. The molecule has 0 unspecified atom stereocenters. The molecular weight excluding hydrogens is 993 g/mol. The highest BCUT2D eigenvalue weighted by molar-refractivity contribution is 5.57. The highest BCUT2D eigenvalue weighted by atomic mass is 16.5. The van der Waals surface area contributed by atoms with Crippen LogP contribution in [0.15, 0.2) is 84.9 Å². The molecule has 0 aromatic heterocycles. The Morgan fingerprint density at radius 1 is 0.269 bits per heavy atom. The van der Waals surface area contributed by atoms with Crippen molar-refractivity contribution in [2.45, 2.75) is 77.0 Å². The zero-order chi connectivity index (χ0) is 56.1. The zero-order valence-corrected chi connectivity index (χ0v) is 47.9. The van der Waals surface area contributed by atoms with Crippen LogP contribution >= 0.6 is 0 Å². The third-order valence-electron chi connectivity index (χ3n) is 14.6. The van der Waals surface area contributed by atoms with Gasteiger partial charge in [0.05, 0.1) is 85.3 Å². The molecular formula is C64H82O14. The van der Waals surface area contributed by atoms with Crippen molar-refractivity contribution in [3.05, 3.63) is 141 Å². The molecule has 6 aromatic carbocycles. The lowest BCUT2D eigenvalue weighted by Crippen LogP contribution is -2.24. The molecule has 0 heterocycles. The molecule has 0 spiro atoms. The number of aryl methyl sites for hydroxylation is 8. The van der Waals surface area contributed by atoms with Crippen LogP contribution in [0.1, 0.15) is 68.5 Å². The second kappa shape index (κ2) is 30.1. The van der Waals surface area contributed by atoms with E-state index in [0.717, 1.165) is 92.0 Å². The van der Waals surface area contributed by atoms with Crippen molar-refractivity contribution in [1.29, 1.82) is 0 Å². The Kier molecular flexibility index (Phi) is 23.2. The fourth-order valence-corrected chi connectivity index (χ4v) is 10.6. The number of rotatable bonds is 33. The third-order valence-corrected chi connectivity index (χ3v) is 14.6. The molecule has 0 saturated heterocycles. The minimum absolute atomic E-state index is 0.0125. The highest BCUT2D eigenvalue weighted by Crippen LogP contribution is 2.42. The Labute approximate surface area is 462 Å². The summed E-state index contributed by atoms with van der Waals surface area (Å²) in [6, 6.07) is 29.8. The summed E-state index contributed by atoms with van der Waals surface area (Å²) in [7, 11) is 19.5. The molecule has 0 aliphatic heterocycles. The van der Waals surface area contributed by atoms with Gasteiger partial charge in [-0.2, -0.15) is 0 Å². The summed E-state index contributed by atoms with van der Waals surface area (Å²) in [4.78, 5) is 0. The van der Waals surface area contributed by atoms with E-state index in [4.69, 9.17) is 56.8 Å². The lowest BCUT2D eigenvalue weighted by atomic mass is 9.79. The second-order valence-electron chi connectivity index (χ2n) is 19.4. The first-order valence-electron chi connectivity index (χ1n) is 26.6. The van der Waals surface area contributed by atoms with Crippen molar-refractivity contribution in [1.82, 2.24) is 0 Å². The Hall–Kier alpha value is -7.16. The van der Waals surface area contributed by atoms with E-state index < -0.39 is 0 Å². The lowest BCUT2D eigenvalue weighted by molar-refractivity contribution is 0.158. The van der Waals surface area contributed by atoms with Gasteiger partial charge in [0.25, 0.3) is 0 Å². The van der Waals surface area contributed by atoms with Crippen molar-refractivity contribution >= 4 is 0 Å². The van der Waals surface area contributed by atoms with Crippen LogP contribution in [0.25, 0.3) is 0 Å². The van der Waals surface area contributed by atoms with Gasteiger partial charge in [0, 0.05) is 13.2 Å². The van der Waals surface area contributed by atoms with Crippen molar-refractivity contribution in [3.8, 4) is 69.0 Å². The van der Waals surface area contributed by atoms with Crippen LogP contribution in [0.4, 0.5) is 0 Å². The van der Waals surface area contributed by atoms with Gasteiger partial charge in [-0.25, -0.2) is 0 Å². The van der Waals surface area contributed by atoms with Gasteiger partial charge < -0.3 is 67.1 Å². The SMILES string of the molecule is COc1cc(CCc2cc(CCc3cc(OC)c(OC)c(OC)c3)cc(C[C@@H](CO)[C@H](CCCO)Cc3cc(CCc4cc(OC)c(OC)c(OC)c4)cc(CCc4cc(OC)c(OC)c(OC)c4)c3)c2)cc(OC)c1OC. The van der Waals surface area contributed by atoms with Crippen molar-refractivity contribution in [2.24, 2.45) is 11.8 Å². The van der Waals surface area contributed by atoms with Gasteiger partial charge in [-0.3, -0.25) is 0 Å². The summed E-state index contributed by atoms with van der Waals surface area (Å²) in [6.45, 7) is 0.0480. The van der Waals surface area contributed by atoms with E-state index in [1.807, 2.05) is 48.5 Å². The molecule has 6 aromatic rings. The molecule has 0 radical (unpaired) electrons. The summed E-state index contributed by atoms with van der Waals surface area (Å²) in [5.41, 5.74) is 11.3. The number of hydrogen-bond donors (Lipinski definition) is 2. The van der Waals surface area contributed by atoms with Crippen molar-refractivity contribution in [3.63, 3.8) is 0 Å². The number of aliphatic hydroxyl groups is 2. The first-order valence-corrected chi connectivity index (χ1v) is 26.6. The van der Waals surface area contributed by atoms with Gasteiger partial charge in [-0.05, 0) is 193 Å². The van der Waals surface area contributed by atoms with Crippen molar-refractivity contribution < 1.29 is 67.1 Å². The molecule has 0 fully saturated rings. The Morgan fingerprint density at radius 2 is 0.474 bits per heavy atom. The van der Waals surface area contributed by atoms with Crippen LogP contribution in [-0.2, 0) is 64.2 Å². The lowest BCUT2D eigenvalue weighted by Gasteiger charge is -2.27. The number of hydrogen-bond acceptors (Lipinski definition) is 14. The number of methoxy groups -OCH3 is 12. The quantitative estimate of drug-likeness (QED) is 0.0402. The van der Waals surface area contributed by atoms with Crippen LogP contribution < -0.4 is 56.8 Å². The molecule has 0 saturated carbocycles. The maximum Gasteiger partial charge on any atom is 0.203 e. The highest BCUT2D eigenvalue weighted by Gasteiger charge is 2.24.